The third-order valence-electron chi connectivity index (χ3n) is 4.34. The predicted molar refractivity (Wildman–Crippen MR) is 104 cm³/mol. The number of pyridine rings is 1. The number of hydrogen-bond acceptors (Lipinski definition) is 4. The van der Waals surface area contributed by atoms with Crippen molar-refractivity contribution in [3.63, 3.8) is 0 Å². The van der Waals surface area contributed by atoms with E-state index in [4.69, 9.17) is 16.3 Å². The molecule has 1 fully saturated rings. The van der Waals surface area contributed by atoms with E-state index in [1.807, 2.05) is 25.1 Å². The molecule has 1 saturated heterocycles. The Hall–Kier alpha value is -2.60. The molecule has 1 aromatic heterocycles. The molecule has 1 N–H and O–H groups in total. The molecule has 3 rings (SSSR count). The van der Waals surface area contributed by atoms with E-state index in [1.165, 1.54) is 0 Å². The molecule has 0 bridgehead atoms. The molecule has 0 spiro atoms. The van der Waals surface area contributed by atoms with Gasteiger partial charge < -0.3 is 15.0 Å². The van der Waals surface area contributed by atoms with Crippen LogP contribution in [-0.4, -0.2) is 34.8 Å². The summed E-state index contributed by atoms with van der Waals surface area (Å²) in [5, 5.41) is 3.31. The number of carbonyl (C=O) groups excluding carboxylic acids is 2. The molecule has 0 aliphatic carbocycles. The van der Waals surface area contributed by atoms with E-state index in [1.54, 1.807) is 29.3 Å². The van der Waals surface area contributed by atoms with E-state index in [0.717, 1.165) is 12.1 Å². The number of carbonyl (C=O) groups is 2. The Balaban J connectivity index is 1.65. The Morgan fingerprint density at radius 1 is 1.33 bits per heavy atom. The summed E-state index contributed by atoms with van der Waals surface area (Å²) < 4.78 is 5.67. The molecule has 1 unspecified atom stereocenters. The molecule has 142 valence electrons. The van der Waals surface area contributed by atoms with Crippen molar-refractivity contribution in [3.8, 4) is 5.75 Å². The van der Waals surface area contributed by atoms with Gasteiger partial charge in [-0.2, -0.15) is 0 Å². The van der Waals surface area contributed by atoms with Crippen LogP contribution in [0.25, 0.3) is 0 Å². The Bertz CT molecular complexity index is 813. The van der Waals surface area contributed by atoms with Gasteiger partial charge in [0.2, 0.25) is 11.8 Å². The maximum atomic E-state index is 12.7. The van der Waals surface area contributed by atoms with Gasteiger partial charge in [-0.1, -0.05) is 30.7 Å². The van der Waals surface area contributed by atoms with Crippen LogP contribution in [0.1, 0.15) is 25.5 Å². The van der Waals surface area contributed by atoms with Gasteiger partial charge in [-0.3, -0.25) is 14.6 Å². The highest BCUT2D eigenvalue weighted by Gasteiger charge is 2.34. The fourth-order valence-electron chi connectivity index (χ4n) is 2.98. The van der Waals surface area contributed by atoms with Crippen molar-refractivity contribution in [2.75, 3.05) is 18.5 Å². The zero-order valence-electron chi connectivity index (χ0n) is 15.2. The average molecular weight is 388 g/mol. The smallest absolute Gasteiger partial charge is 0.229 e. The second-order valence-electron chi connectivity index (χ2n) is 6.45. The van der Waals surface area contributed by atoms with Crippen molar-refractivity contribution < 1.29 is 14.3 Å². The van der Waals surface area contributed by atoms with E-state index < -0.39 is 5.92 Å². The first-order valence-corrected chi connectivity index (χ1v) is 9.36. The summed E-state index contributed by atoms with van der Waals surface area (Å²) in [6, 6.07) is 10.8. The Morgan fingerprint density at radius 2 is 2.19 bits per heavy atom. The zero-order chi connectivity index (χ0) is 19.2. The summed E-state index contributed by atoms with van der Waals surface area (Å²) in [5.74, 6) is -0.215. The molecular formula is C20H22ClN3O3. The fraction of sp³-hybridized carbons (Fsp3) is 0.350. The summed E-state index contributed by atoms with van der Waals surface area (Å²) >= 11 is 6.20. The number of likely N-dealkylation sites (tertiary alicyclic amines) is 1. The number of ether oxygens (including phenoxy) is 1. The molecule has 2 aromatic rings. The van der Waals surface area contributed by atoms with Crippen LogP contribution in [0.4, 0.5) is 5.69 Å². The molecule has 2 amide bonds. The predicted octanol–water partition coefficient (Wildman–Crippen LogP) is 3.51. The summed E-state index contributed by atoms with van der Waals surface area (Å²) in [7, 11) is 0. The molecular weight excluding hydrogens is 366 g/mol. The van der Waals surface area contributed by atoms with Crippen molar-refractivity contribution in [1.29, 1.82) is 0 Å². The molecule has 6 nitrogen and oxygen atoms in total. The molecule has 1 aliphatic rings. The van der Waals surface area contributed by atoms with Crippen molar-refractivity contribution in [2.45, 2.75) is 26.3 Å². The molecule has 0 saturated carbocycles. The van der Waals surface area contributed by atoms with E-state index in [2.05, 4.69) is 10.3 Å². The maximum absolute atomic E-state index is 12.7. The Kier molecular flexibility index (Phi) is 6.29. The molecule has 27 heavy (non-hydrogen) atoms. The quantitative estimate of drug-likeness (QED) is 0.789. The second-order valence-corrected chi connectivity index (χ2v) is 6.86. The number of rotatable bonds is 7. The first-order chi connectivity index (χ1) is 13.1. The highest BCUT2D eigenvalue weighted by Crippen LogP contribution is 2.34. The lowest BCUT2D eigenvalue weighted by molar-refractivity contribution is -0.128. The first-order valence-electron chi connectivity index (χ1n) is 8.98. The van der Waals surface area contributed by atoms with Gasteiger partial charge in [0.1, 0.15) is 0 Å². The van der Waals surface area contributed by atoms with Gasteiger partial charge in [-0.15, -0.1) is 0 Å². The van der Waals surface area contributed by atoms with E-state index in [-0.39, 0.29) is 18.2 Å². The topological polar surface area (TPSA) is 71.5 Å². The second kappa shape index (κ2) is 8.86. The molecule has 1 aliphatic heterocycles. The number of nitrogens with one attached hydrogen (secondary N) is 1. The van der Waals surface area contributed by atoms with Gasteiger partial charge >= 0.3 is 0 Å². The molecule has 0 radical (unpaired) electrons. The third kappa shape index (κ3) is 4.77. The SMILES string of the molecule is CCCOc1c(Cl)cccc1NC(=O)C1CC(=O)N(Cc2ccccn2)C1. The van der Waals surface area contributed by atoms with Gasteiger partial charge in [0.15, 0.2) is 5.75 Å². The standard InChI is InChI=1S/C20H22ClN3O3/c1-2-10-27-19-16(21)7-5-8-17(19)23-20(26)14-11-18(25)24(12-14)13-15-6-3-4-9-22-15/h3-9,14H,2,10-13H2,1H3,(H,23,26). The Morgan fingerprint density at radius 3 is 2.93 bits per heavy atom. The number of benzene rings is 1. The average Bonchev–Trinajstić information content (AvgIpc) is 3.03. The molecule has 1 atom stereocenters. The van der Waals surface area contributed by atoms with Gasteiger partial charge in [0, 0.05) is 19.2 Å². The van der Waals surface area contributed by atoms with Crippen molar-refractivity contribution in [1.82, 2.24) is 9.88 Å². The highest BCUT2D eigenvalue weighted by atomic mass is 35.5. The summed E-state index contributed by atoms with van der Waals surface area (Å²) in [6.07, 6.45) is 2.71. The first kappa shape index (κ1) is 19.2. The molecule has 7 heteroatoms. The van der Waals surface area contributed by atoms with E-state index in [9.17, 15) is 9.59 Å². The minimum atomic E-state index is -0.417. The van der Waals surface area contributed by atoms with Gasteiger partial charge in [-0.25, -0.2) is 0 Å². The number of hydrogen-bond donors (Lipinski definition) is 1. The zero-order valence-corrected chi connectivity index (χ0v) is 15.9. The number of amides is 2. The van der Waals surface area contributed by atoms with Gasteiger partial charge in [-0.05, 0) is 30.7 Å². The maximum Gasteiger partial charge on any atom is 0.229 e. The lowest BCUT2D eigenvalue weighted by Gasteiger charge is -2.17. The van der Waals surface area contributed by atoms with Crippen molar-refractivity contribution in [3.05, 3.63) is 53.3 Å². The number of nitrogens with zero attached hydrogens (tertiary/aromatic N) is 2. The number of aromatic nitrogens is 1. The van der Waals surface area contributed by atoms with Crippen LogP contribution in [0.15, 0.2) is 42.6 Å². The van der Waals surface area contributed by atoms with Crippen LogP contribution in [0.2, 0.25) is 5.02 Å². The van der Waals surface area contributed by atoms with Gasteiger partial charge in [0.25, 0.3) is 0 Å². The summed E-state index contributed by atoms with van der Waals surface area (Å²) in [4.78, 5) is 30.9. The lowest BCUT2D eigenvalue weighted by atomic mass is 10.1. The Labute approximate surface area is 163 Å². The van der Waals surface area contributed by atoms with Crippen molar-refractivity contribution >= 4 is 29.1 Å². The number of halogens is 1. The van der Waals surface area contributed by atoms with Crippen LogP contribution < -0.4 is 10.1 Å². The van der Waals surface area contributed by atoms with Crippen LogP contribution in [-0.2, 0) is 16.1 Å². The van der Waals surface area contributed by atoms with E-state index in [0.29, 0.717) is 36.2 Å². The normalized spacial score (nSPS) is 16.4. The number of para-hydroxylation sites is 1. The molecule has 1 aromatic carbocycles. The fourth-order valence-corrected chi connectivity index (χ4v) is 3.21. The van der Waals surface area contributed by atoms with Gasteiger partial charge in [0.05, 0.1) is 35.5 Å². The van der Waals surface area contributed by atoms with Crippen LogP contribution >= 0.6 is 11.6 Å². The summed E-state index contributed by atoms with van der Waals surface area (Å²) in [5.41, 5.74) is 1.33. The van der Waals surface area contributed by atoms with Crippen LogP contribution in [0.3, 0.4) is 0 Å². The van der Waals surface area contributed by atoms with Crippen LogP contribution in [0, 0.1) is 5.92 Å². The van der Waals surface area contributed by atoms with Crippen molar-refractivity contribution in [2.24, 2.45) is 5.92 Å². The monoisotopic (exact) mass is 387 g/mol. The summed E-state index contributed by atoms with van der Waals surface area (Å²) in [6.45, 7) is 3.28. The minimum absolute atomic E-state index is 0.0469. The lowest BCUT2D eigenvalue weighted by Crippen LogP contribution is -2.28. The number of anilines is 1. The largest absolute Gasteiger partial charge is 0.490 e. The van der Waals surface area contributed by atoms with Crippen LogP contribution in [0.5, 0.6) is 5.75 Å². The minimum Gasteiger partial charge on any atom is -0.490 e. The third-order valence-corrected chi connectivity index (χ3v) is 4.64. The highest BCUT2D eigenvalue weighted by molar-refractivity contribution is 6.32. The molecule has 2 heterocycles. The van der Waals surface area contributed by atoms with E-state index >= 15 is 0 Å².